The van der Waals surface area contributed by atoms with E-state index in [-0.39, 0.29) is 5.82 Å². The van der Waals surface area contributed by atoms with Gasteiger partial charge in [0.1, 0.15) is 5.82 Å². The fourth-order valence-corrected chi connectivity index (χ4v) is 3.47. The van der Waals surface area contributed by atoms with Gasteiger partial charge in [0.25, 0.3) is 0 Å². The van der Waals surface area contributed by atoms with Crippen molar-refractivity contribution in [2.75, 3.05) is 6.54 Å². The van der Waals surface area contributed by atoms with Crippen LogP contribution in [0.25, 0.3) is 27.8 Å². The van der Waals surface area contributed by atoms with Crippen molar-refractivity contribution in [1.82, 2.24) is 14.7 Å². The Kier molecular flexibility index (Phi) is 4.62. The van der Waals surface area contributed by atoms with Crippen LogP contribution in [0.3, 0.4) is 0 Å². The van der Waals surface area contributed by atoms with Crippen LogP contribution >= 0.6 is 11.6 Å². The molecule has 0 saturated carbocycles. The second-order valence-electron chi connectivity index (χ2n) is 6.32. The molecule has 3 nitrogen and oxygen atoms in total. The van der Waals surface area contributed by atoms with Crippen LogP contribution in [0.15, 0.2) is 54.7 Å². The third-order valence-corrected chi connectivity index (χ3v) is 4.75. The minimum atomic E-state index is -0.237. The first-order valence-corrected chi connectivity index (χ1v) is 9.11. The fraction of sp³-hybridized carbons (Fsp3) is 0.190. The topological polar surface area (TPSA) is 29.3 Å². The molecule has 1 N–H and O–H groups in total. The van der Waals surface area contributed by atoms with Crippen LogP contribution in [0.5, 0.6) is 0 Å². The largest absolute Gasteiger partial charge is 0.313 e. The van der Waals surface area contributed by atoms with Gasteiger partial charge in [0, 0.05) is 17.1 Å². The molecular weight excluding hydrogens is 349 g/mol. The summed E-state index contributed by atoms with van der Waals surface area (Å²) in [6.07, 6.45) is 2.90. The van der Waals surface area contributed by atoms with Crippen LogP contribution in [-0.4, -0.2) is 15.9 Å². The van der Waals surface area contributed by atoms with E-state index in [4.69, 9.17) is 11.6 Å². The summed E-state index contributed by atoms with van der Waals surface area (Å²) >= 11 is 6.12. The Hall–Kier alpha value is -2.43. The molecular formula is C21H19ClFN3. The molecule has 26 heavy (non-hydrogen) atoms. The van der Waals surface area contributed by atoms with Crippen LogP contribution < -0.4 is 5.32 Å². The van der Waals surface area contributed by atoms with Gasteiger partial charge in [-0.3, -0.25) is 4.98 Å². The Morgan fingerprint density at radius 2 is 1.96 bits per heavy atom. The highest BCUT2D eigenvalue weighted by molar-refractivity contribution is 6.31. The summed E-state index contributed by atoms with van der Waals surface area (Å²) in [6, 6.07) is 14.5. The average molecular weight is 368 g/mol. The third-order valence-electron chi connectivity index (χ3n) is 4.52. The highest BCUT2D eigenvalue weighted by Crippen LogP contribution is 2.31. The Morgan fingerprint density at radius 3 is 2.77 bits per heavy atom. The van der Waals surface area contributed by atoms with Crippen LogP contribution in [0.1, 0.15) is 18.9 Å². The molecule has 0 fully saturated rings. The Bertz CT molecular complexity index is 1090. The standard InChI is InChI=1S/C21H19ClFN3/c1-2-9-24-12-14-10-20(16-5-3-4-6-17(16)23)26-19-8-7-15(22)11-18(19)25-13-21(14)26/h3-8,10-11,13,24H,2,9,12H2,1H3. The third kappa shape index (κ3) is 2.96. The molecule has 0 amide bonds. The molecule has 0 aliphatic rings. The molecule has 2 aromatic heterocycles. The lowest BCUT2D eigenvalue weighted by atomic mass is 10.1. The summed E-state index contributed by atoms with van der Waals surface area (Å²) in [5.41, 5.74) is 5.16. The van der Waals surface area contributed by atoms with E-state index >= 15 is 0 Å². The van der Waals surface area contributed by atoms with Crippen molar-refractivity contribution >= 4 is 28.2 Å². The van der Waals surface area contributed by atoms with Crippen LogP contribution in [0, 0.1) is 5.82 Å². The van der Waals surface area contributed by atoms with Crippen LogP contribution in [-0.2, 0) is 6.54 Å². The van der Waals surface area contributed by atoms with Crippen molar-refractivity contribution < 1.29 is 4.39 Å². The SMILES string of the molecule is CCCNCc1cc(-c2ccccc2F)n2c1cnc1cc(Cl)ccc12. The number of hydrogen-bond acceptors (Lipinski definition) is 2. The lowest BCUT2D eigenvalue weighted by Crippen LogP contribution is -2.13. The number of nitrogens with zero attached hydrogens (tertiary/aromatic N) is 2. The zero-order valence-electron chi connectivity index (χ0n) is 14.5. The van der Waals surface area contributed by atoms with E-state index in [9.17, 15) is 4.39 Å². The number of fused-ring (bicyclic) bond motifs is 3. The molecule has 0 saturated heterocycles. The lowest BCUT2D eigenvalue weighted by molar-refractivity contribution is 0.630. The molecule has 4 aromatic rings. The number of rotatable bonds is 5. The number of nitrogens with one attached hydrogen (secondary N) is 1. The quantitative estimate of drug-likeness (QED) is 0.475. The van der Waals surface area contributed by atoms with E-state index < -0.39 is 0 Å². The highest BCUT2D eigenvalue weighted by Gasteiger charge is 2.16. The zero-order valence-corrected chi connectivity index (χ0v) is 15.2. The second-order valence-corrected chi connectivity index (χ2v) is 6.76. The summed E-state index contributed by atoms with van der Waals surface area (Å²) < 4.78 is 16.6. The van der Waals surface area contributed by atoms with Gasteiger partial charge in [0.05, 0.1) is 28.4 Å². The van der Waals surface area contributed by atoms with Crippen molar-refractivity contribution in [3.8, 4) is 11.3 Å². The van der Waals surface area contributed by atoms with Gasteiger partial charge in [-0.1, -0.05) is 30.7 Å². The number of aromatic nitrogens is 2. The van der Waals surface area contributed by atoms with Gasteiger partial charge in [0.2, 0.25) is 0 Å². The first-order valence-electron chi connectivity index (χ1n) is 8.73. The monoisotopic (exact) mass is 367 g/mol. The predicted molar refractivity (Wildman–Crippen MR) is 105 cm³/mol. The molecule has 0 spiro atoms. The van der Waals surface area contributed by atoms with E-state index in [1.807, 2.05) is 42.6 Å². The zero-order chi connectivity index (χ0) is 18.1. The summed E-state index contributed by atoms with van der Waals surface area (Å²) in [5.74, 6) is -0.237. The summed E-state index contributed by atoms with van der Waals surface area (Å²) in [6.45, 7) is 3.78. The maximum atomic E-state index is 14.5. The number of hydrogen-bond donors (Lipinski definition) is 1. The Balaban J connectivity index is 2.00. The van der Waals surface area contributed by atoms with Gasteiger partial charge in [-0.25, -0.2) is 4.39 Å². The van der Waals surface area contributed by atoms with Gasteiger partial charge in [0.15, 0.2) is 0 Å². The van der Waals surface area contributed by atoms with Crippen LogP contribution in [0.2, 0.25) is 5.02 Å². The van der Waals surface area contributed by atoms with E-state index in [1.54, 1.807) is 6.07 Å². The summed E-state index contributed by atoms with van der Waals surface area (Å²) in [4.78, 5) is 4.56. The fourth-order valence-electron chi connectivity index (χ4n) is 3.31. The van der Waals surface area contributed by atoms with Gasteiger partial charge >= 0.3 is 0 Å². The highest BCUT2D eigenvalue weighted by atomic mass is 35.5. The molecule has 0 bridgehead atoms. The lowest BCUT2D eigenvalue weighted by Gasteiger charge is -2.09. The second kappa shape index (κ2) is 7.06. The molecule has 132 valence electrons. The summed E-state index contributed by atoms with van der Waals surface area (Å²) in [5, 5.41) is 4.06. The minimum Gasteiger partial charge on any atom is -0.313 e. The first kappa shape index (κ1) is 17.0. The number of benzene rings is 2. The predicted octanol–water partition coefficient (Wildman–Crippen LogP) is 5.45. The molecule has 2 heterocycles. The van der Waals surface area contributed by atoms with Gasteiger partial charge < -0.3 is 9.72 Å². The Morgan fingerprint density at radius 1 is 1.12 bits per heavy atom. The van der Waals surface area contributed by atoms with E-state index in [0.717, 1.165) is 40.8 Å². The van der Waals surface area contributed by atoms with Crippen molar-refractivity contribution in [3.63, 3.8) is 0 Å². The molecule has 4 rings (SSSR count). The van der Waals surface area contributed by atoms with Crippen LogP contribution in [0.4, 0.5) is 4.39 Å². The minimum absolute atomic E-state index is 0.237. The van der Waals surface area contributed by atoms with E-state index in [0.29, 0.717) is 17.1 Å². The molecule has 2 aromatic carbocycles. The van der Waals surface area contributed by atoms with Gasteiger partial charge in [-0.05, 0) is 54.9 Å². The average Bonchev–Trinajstić information content (AvgIpc) is 3.01. The molecule has 0 radical (unpaired) electrons. The normalized spacial score (nSPS) is 11.5. The molecule has 0 aliphatic heterocycles. The maximum absolute atomic E-state index is 14.5. The molecule has 0 unspecified atom stereocenters. The number of halogens is 2. The first-order chi connectivity index (χ1) is 12.7. The molecule has 0 atom stereocenters. The van der Waals surface area contributed by atoms with E-state index in [1.165, 1.54) is 6.07 Å². The van der Waals surface area contributed by atoms with Crippen molar-refractivity contribution in [1.29, 1.82) is 0 Å². The Labute approximate surface area is 156 Å². The maximum Gasteiger partial charge on any atom is 0.132 e. The van der Waals surface area contributed by atoms with Crippen molar-refractivity contribution in [2.24, 2.45) is 0 Å². The smallest absolute Gasteiger partial charge is 0.132 e. The summed E-state index contributed by atoms with van der Waals surface area (Å²) in [7, 11) is 0. The van der Waals surface area contributed by atoms with Gasteiger partial charge in [-0.15, -0.1) is 0 Å². The van der Waals surface area contributed by atoms with Crippen molar-refractivity contribution in [2.45, 2.75) is 19.9 Å². The van der Waals surface area contributed by atoms with Gasteiger partial charge in [-0.2, -0.15) is 0 Å². The van der Waals surface area contributed by atoms with Crippen molar-refractivity contribution in [3.05, 3.63) is 71.1 Å². The van der Waals surface area contributed by atoms with E-state index in [2.05, 4.69) is 21.6 Å². The molecule has 5 heteroatoms. The molecule has 0 aliphatic carbocycles.